The number of hydrogen-bond acceptors (Lipinski definition) is 3. The summed E-state index contributed by atoms with van der Waals surface area (Å²) in [7, 11) is 0. The Morgan fingerprint density at radius 2 is 1.95 bits per heavy atom. The minimum Gasteiger partial charge on any atom is -0.353 e. The van der Waals surface area contributed by atoms with Crippen molar-refractivity contribution in [2.24, 2.45) is 0 Å². The number of nitrogens with one attached hydrogen (secondary N) is 2. The van der Waals surface area contributed by atoms with Crippen LogP contribution in [0.3, 0.4) is 0 Å². The summed E-state index contributed by atoms with van der Waals surface area (Å²) >= 11 is 5.52. The number of anilines is 1. The maximum atomic E-state index is 5.52. The molecule has 5 heteroatoms. The third-order valence-corrected chi connectivity index (χ3v) is 4.47. The minimum absolute atomic E-state index is 0.110. The molecular formula is C17H20N4S. The fraction of sp³-hybridized carbons (Fsp3) is 0.353. The van der Waals surface area contributed by atoms with E-state index in [4.69, 9.17) is 12.2 Å². The van der Waals surface area contributed by atoms with Crippen molar-refractivity contribution in [2.45, 2.75) is 38.1 Å². The van der Waals surface area contributed by atoms with Gasteiger partial charge in [0.1, 0.15) is 5.82 Å². The van der Waals surface area contributed by atoms with Gasteiger partial charge in [-0.3, -0.25) is 4.98 Å². The molecule has 2 aromatic rings. The van der Waals surface area contributed by atoms with Crippen LogP contribution in [-0.2, 0) is 5.54 Å². The molecule has 0 spiro atoms. The lowest BCUT2D eigenvalue weighted by Gasteiger charge is -2.32. The fourth-order valence-corrected chi connectivity index (χ4v) is 3.37. The summed E-state index contributed by atoms with van der Waals surface area (Å²) in [5.74, 6) is 0.805. The Hall–Kier alpha value is -2.01. The van der Waals surface area contributed by atoms with Crippen molar-refractivity contribution in [3.05, 3.63) is 54.0 Å². The van der Waals surface area contributed by atoms with Crippen LogP contribution in [0.4, 0.5) is 5.82 Å². The van der Waals surface area contributed by atoms with E-state index in [1.165, 1.54) is 18.4 Å². The lowest BCUT2D eigenvalue weighted by Crippen LogP contribution is -2.45. The number of hydrogen-bond donors (Lipinski definition) is 2. The Morgan fingerprint density at radius 1 is 1.18 bits per heavy atom. The van der Waals surface area contributed by atoms with Gasteiger partial charge in [0.15, 0.2) is 5.11 Å². The first kappa shape index (κ1) is 14.9. The quantitative estimate of drug-likeness (QED) is 0.849. The number of rotatable bonds is 3. The Balaban J connectivity index is 1.77. The molecule has 0 aromatic carbocycles. The Kier molecular flexibility index (Phi) is 4.34. The summed E-state index contributed by atoms with van der Waals surface area (Å²) in [5.41, 5.74) is 2.17. The van der Waals surface area contributed by atoms with Crippen LogP contribution in [0.25, 0.3) is 0 Å². The van der Waals surface area contributed by atoms with E-state index < -0.39 is 0 Å². The highest BCUT2D eigenvalue weighted by Crippen LogP contribution is 2.38. The molecule has 1 aliphatic rings. The SMILES string of the molecule is Cc1cccnc1NC(=S)NC1(c2cccnc2)CCCC1. The normalized spacial score (nSPS) is 16.2. The van der Waals surface area contributed by atoms with Crippen molar-refractivity contribution in [1.29, 1.82) is 0 Å². The summed E-state index contributed by atoms with van der Waals surface area (Å²) in [6, 6.07) is 8.05. The molecule has 0 saturated heterocycles. The second kappa shape index (κ2) is 6.40. The van der Waals surface area contributed by atoms with Crippen LogP contribution in [0.15, 0.2) is 42.9 Å². The predicted octanol–water partition coefficient (Wildman–Crippen LogP) is 3.54. The van der Waals surface area contributed by atoms with E-state index in [-0.39, 0.29) is 5.54 Å². The highest BCUT2D eigenvalue weighted by atomic mass is 32.1. The summed E-state index contributed by atoms with van der Waals surface area (Å²) in [6.07, 6.45) is 10.1. The summed E-state index contributed by atoms with van der Waals surface area (Å²) in [4.78, 5) is 8.60. The first-order valence-electron chi connectivity index (χ1n) is 7.61. The second-order valence-corrected chi connectivity index (χ2v) is 6.19. The van der Waals surface area contributed by atoms with Crippen LogP contribution in [0.1, 0.15) is 36.8 Å². The Labute approximate surface area is 136 Å². The highest BCUT2D eigenvalue weighted by Gasteiger charge is 2.36. The van der Waals surface area contributed by atoms with Crippen LogP contribution in [0.2, 0.25) is 0 Å². The van der Waals surface area contributed by atoms with E-state index in [9.17, 15) is 0 Å². The van der Waals surface area contributed by atoms with Gasteiger partial charge in [-0.15, -0.1) is 0 Å². The molecule has 0 unspecified atom stereocenters. The van der Waals surface area contributed by atoms with Gasteiger partial charge in [0.2, 0.25) is 0 Å². The standard InChI is InChI=1S/C17H20N4S/c1-13-6-4-11-19-15(13)20-16(22)21-17(8-2-3-9-17)14-7-5-10-18-12-14/h4-7,10-12H,2-3,8-9H2,1H3,(H2,19,20,21,22). The lowest BCUT2D eigenvalue weighted by atomic mass is 9.89. The molecule has 0 amide bonds. The van der Waals surface area contributed by atoms with E-state index in [1.807, 2.05) is 31.3 Å². The molecular weight excluding hydrogens is 292 g/mol. The van der Waals surface area contributed by atoms with Crippen molar-refractivity contribution in [2.75, 3.05) is 5.32 Å². The third-order valence-electron chi connectivity index (χ3n) is 4.27. The monoisotopic (exact) mass is 312 g/mol. The highest BCUT2D eigenvalue weighted by molar-refractivity contribution is 7.80. The lowest BCUT2D eigenvalue weighted by molar-refractivity contribution is 0.407. The number of thiocarbonyl (C=S) groups is 1. The van der Waals surface area contributed by atoms with Crippen LogP contribution in [0, 0.1) is 6.92 Å². The van der Waals surface area contributed by atoms with E-state index in [0.29, 0.717) is 5.11 Å². The molecule has 22 heavy (non-hydrogen) atoms. The van der Waals surface area contributed by atoms with Crippen LogP contribution >= 0.6 is 12.2 Å². The first-order chi connectivity index (χ1) is 10.7. The van der Waals surface area contributed by atoms with Crippen molar-refractivity contribution >= 4 is 23.1 Å². The maximum Gasteiger partial charge on any atom is 0.172 e. The van der Waals surface area contributed by atoms with Crippen LogP contribution in [-0.4, -0.2) is 15.1 Å². The van der Waals surface area contributed by atoms with Crippen LogP contribution < -0.4 is 10.6 Å². The minimum atomic E-state index is -0.110. The molecule has 0 aliphatic heterocycles. The smallest absolute Gasteiger partial charge is 0.172 e. The average molecular weight is 312 g/mol. The molecule has 0 atom stereocenters. The zero-order valence-corrected chi connectivity index (χ0v) is 13.5. The van der Waals surface area contributed by atoms with E-state index in [0.717, 1.165) is 24.2 Å². The molecule has 2 N–H and O–H groups in total. The van der Waals surface area contributed by atoms with Crippen molar-refractivity contribution in [3.63, 3.8) is 0 Å². The molecule has 3 rings (SSSR count). The number of pyridine rings is 2. The number of aromatic nitrogens is 2. The Morgan fingerprint density at radius 3 is 2.64 bits per heavy atom. The maximum absolute atomic E-state index is 5.52. The molecule has 0 radical (unpaired) electrons. The van der Waals surface area contributed by atoms with E-state index in [2.05, 4.69) is 26.7 Å². The summed E-state index contributed by atoms with van der Waals surface area (Å²) in [6.45, 7) is 2.02. The zero-order valence-electron chi connectivity index (χ0n) is 12.7. The topological polar surface area (TPSA) is 49.8 Å². The third kappa shape index (κ3) is 3.09. The van der Waals surface area contributed by atoms with Gasteiger partial charge in [-0.1, -0.05) is 25.0 Å². The zero-order chi connectivity index (χ0) is 15.4. The van der Waals surface area contributed by atoms with Gasteiger partial charge in [0.05, 0.1) is 5.54 Å². The van der Waals surface area contributed by atoms with Crippen LogP contribution in [0.5, 0.6) is 0 Å². The molecule has 4 nitrogen and oxygen atoms in total. The largest absolute Gasteiger partial charge is 0.353 e. The van der Waals surface area contributed by atoms with Gasteiger partial charge in [-0.2, -0.15) is 0 Å². The van der Waals surface area contributed by atoms with Crippen molar-refractivity contribution in [3.8, 4) is 0 Å². The second-order valence-electron chi connectivity index (χ2n) is 5.78. The van der Waals surface area contributed by atoms with Gasteiger partial charge in [0, 0.05) is 18.6 Å². The van der Waals surface area contributed by atoms with E-state index in [1.54, 1.807) is 12.4 Å². The molecule has 114 valence electrons. The van der Waals surface area contributed by atoms with Gasteiger partial charge in [0.25, 0.3) is 0 Å². The van der Waals surface area contributed by atoms with Gasteiger partial charge < -0.3 is 10.6 Å². The van der Waals surface area contributed by atoms with Gasteiger partial charge >= 0.3 is 0 Å². The Bertz CT molecular complexity index is 651. The van der Waals surface area contributed by atoms with Crippen molar-refractivity contribution < 1.29 is 0 Å². The average Bonchev–Trinajstić information content (AvgIpc) is 3.00. The van der Waals surface area contributed by atoms with Gasteiger partial charge in [-0.25, -0.2) is 4.98 Å². The predicted molar refractivity (Wildman–Crippen MR) is 92.7 cm³/mol. The number of aryl methyl sites for hydroxylation is 1. The molecule has 1 saturated carbocycles. The van der Waals surface area contributed by atoms with Crippen molar-refractivity contribution in [1.82, 2.24) is 15.3 Å². The van der Waals surface area contributed by atoms with Gasteiger partial charge in [-0.05, 0) is 55.2 Å². The summed E-state index contributed by atoms with van der Waals surface area (Å²) in [5, 5.41) is 7.36. The first-order valence-corrected chi connectivity index (χ1v) is 8.02. The number of nitrogens with zero attached hydrogens (tertiary/aromatic N) is 2. The van der Waals surface area contributed by atoms with E-state index >= 15 is 0 Å². The summed E-state index contributed by atoms with van der Waals surface area (Å²) < 4.78 is 0. The fourth-order valence-electron chi connectivity index (χ4n) is 3.08. The molecule has 1 fully saturated rings. The molecule has 2 aromatic heterocycles. The molecule has 2 heterocycles. The molecule has 0 bridgehead atoms. The molecule has 1 aliphatic carbocycles.